The van der Waals surface area contributed by atoms with Crippen LogP contribution in [-0.4, -0.2) is 14.5 Å². The van der Waals surface area contributed by atoms with Crippen molar-refractivity contribution < 1.29 is 0 Å². The summed E-state index contributed by atoms with van der Waals surface area (Å²) < 4.78 is 2.32. The number of para-hydroxylation sites is 2. The van der Waals surface area contributed by atoms with E-state index >= 15 is 0 Å². The molecule has 3 aromatic heterocycles. The molecule has 4 nitrogen and oxygen atoms in total. The molecule has 0 radical (unpaired) electrons. The van der Waals surface area contributed by atoms with Crippen LogP contribution < -0.4 is 4.90 Å². The first-order valence-electron chi connectivity index (χ1n) is 10.6. The molecule has 0 atom stereocenters. The van der Waals surface area contributed by atoms with Gasteiger partial charge in [0.1, 0.15) is 11.6 Å². The predicted octanol–water partition coefficient (Wildman–Crippen LogP) is 7.04. The van der Waals surface area contributed by atoms with Gasteiger partial charge in [-0.05, 0) is 60.7 Å². The summed E-state index contributed by atoms with van der Waals surface area (Å²) >= 11 is 0. The van der Waals surface area contributed by atoms with Crippen LogP contribution in [0.2, 0.25) is 0 Å². The largest absolute Gasteiger partial charge is 0.309 e. The first-order chi connectivity index (χ1) is 15.9. The second-order valence-corrected chi connectivity index (χ2v) is 7.60. The molecular weight excluding hydrogens is 392 g/mol. The summed E-state index contributed by atoms with van der Waals surface area (Å²) in [6, 6.07) is 37.5. The van der Waals surface area contributed by atoms with Crippen molar-refractivity contribution in [3.05, 3.63) is 122 Å². The molecule has 6 aromatic rings. The Labute approximate surface area is 186 Å². The Hall–Kier alpha value is -4.44. The van der Waals surface area contributed by atoms with Gasteiger partial charge in [0.15, 0.2) is 0 Å². The first-order valence-corrected chi connectivity index (χ1v) is 10.6. The van der Waals surface area contributed by atoms with Crippen LogP contribution in [0.3, 0.4) is 0 Å². The van der Waals surface area contributed by atoms with Gasteiger partial charge in [0.2, 0.25) is 0 Å². The van der Waals surface area contributed by atoms with Crippen LogP contribution in [0.1, 0.15) is 0 Å². The lowest BCUT2D eigenvalue weighted by Crippen LogP contribution is -2.12. The molecule has 0 bridgehead atoms. The third-order valence-electron chi connectivity index (χ3n) is 5.70. The average molecular weight is 412 g/mol. The molecule has 0 amide bonds. The summed E-state index contributed by atoms with van der Waals surface area (Å²) in [5.74, 6) is 1.66. The molecule has 0 saturated heterocycles. The van der Waals surface area contributed by atoms with Crippen LogP contribution in [-0.2, 0) is 0 Å². The van der Waals surface area contributed by atoms with Gasteiger partial charge >= 0.3 is 0 Å². The van der Waals surface area contributed by atoms with Crippen molar-refractivity contribution in [2.24, 2.45) is 0 Å². The highest BCUT2D eigenvalue weighted by Crippen LogP contribution is 2.35. The van der Waals surface area contributed by atoms with E-state index in [0.717, 1.165) is 23.0 Å². The number of fused-ring (bicyclic) bond motifs is 3. The Morgan fingerprint density at radius 3 is 1.50 bits per heavy atom. The molecule has 0 unspecified atom stereocenters. The third kappa shape index (κ3) is 3.01. The summed E-state index contributed by atoms with van der Waals surface area (Å²) in [4.78, 5) is 11.2. The number of pyridine rings is 2. The highest BCUT2D eigenvalue weighted by Gasteiger charge is 2.15. The van der Waals surface area contributed by atoms with E-state index in [1.54, 1.807) is 12.4 Å². The van der Waals surface area contributed by atoms with Gasteiger partial charge in [-0.15, -0.1) is 0 Å². The Bertz CT molecular complexity index is 1410. The molecule has 3 heterocycles. The Kier molecular flexibility index (Phi) is 4.40. The third-order valence-corrected chi connectivity index (χ3v) is 5.70. The van der Waals surface area contributed by atoms with Crippen molar-refractivity contribution in [1.29, 1.82) is 0 Å². The minimum atomic E-state index is 0.829. The van der Waals surface area contributed by atoms with E-state index in [1.165, 1.54) is 21.8 Å². The maximum absolute atomic E-state index is 4.57. The molecule has 152 valence electrons. The topological polar surface area (TPSA) is 34.0 Å². The first kappa shape index (κ1) is 18.3. The van der Waals surface area contributed by atoms with Crippen molar-refractivity contribution in [2.75, 3.05) is 4.90 Å². The summed E-state index contributed by atoms with van der Waals surface area (Å²) in [7, 11) is 0. The van der Waals surface area contributed by atoms with Crippen LogP contribution in [0.25, 0.3) is 27.5 Å². The number of anilines is 3. The van der Waals surface area contributed by atoms with Gasteiger partial charge in [-0.1, -0.05) is 48.5 Å². The zero-order valence-corrected chi connectivity index (χ0v) is 17.3. The Morgan fingerprint density at radius 2 is 1.00 bits per heavy atom. The van der Waals surface area contributed by atoms with Gasteiger partial charge < -0.3 is 4.57 Å². The van der Waals surface area contributed by atoms with E-state index in [1.807, 2.05) is 36.4 Å². The predicted molar refractivity (Wildman–Crippen MR) is 131 cm³/mol. The molecule has 3 aromatic carbocycles. The molecule has 4 heteroatoms. The van der Waals surface area contributed by atoms with Gasteiger partial charge in [-0.2, -0.15) is 0 Å². The Morgan fingerprint density at radius 1 is 0.500 bits per heavy atom. The molecule has 0 aliphatic heterocycles. The fourth-order valence-electron chi connectivity index (χ4n) is 4.31. The number of nitrogens with zero attached hydrogens (tertiary/aromatic N) is 4. The van der Waals surface area contributed by atoms with Crippen molar-refractivity contribution in [2.45, 2.75) is 0 Å². The minimum Gasteiger partial charge on any atom is -0.309 e. The number of benzene rings is 3. The smallest absolute Gasteiger partial charge is 0.138 e. The molecule has 32 heavy (non-hydrogen) atoms. The Balaban J connectivity index is 1.50. The fraction of sp³-hybridized carbons (Fsp3) is 0. The quantitative estimate of drug-likeness (QED) is 0.311. The summed E-state index contributed by atoms with van der Waals surface area (Å²) in [5.41, 5.74) is 4.53. The van der Waals surface area contributed by atoms with Crippen LogP contribution >= 0.6 is 0 Å². The van der Waals surface area contributed by atoms with E-state index < -0.39 is 0 Å². The van der Waals surface area contributed by atoms with Crippen molar-refractivity contribution in [3.8, 4) is 5.69 Å². The van der Waals surface area contributed by atoms with Gasteiger partial charge in [0, 0.05) is 34.5 Å². The molecule has 0 N–H and O–H groups in total. The SMILES string of the molecule is c1ccc(N(c2ccc(-n3c4ccccc4c4ccccc43)cc2)c2ccccn2)nc1. The fourth-order valence-corrected chi connectivity index (χ4v) is 4.31. The normalized spacial score (nSPS) is 11.1. The van der Waals surface area contributed by atoms with Crippen molar-refractivity contribution in [3.63, 3.8) is 0 Å². The maximum Gasteiger partial charge on any atom is 0.138 e. The molecular formula is C28H20N4. The van der Waals surface area contributed by atoms with Gasteiger partial charge in [0.25, 0.3) is 0 Å². The molecule has 0 fully saturated rings. The lowest BCUT2D eigenvalue weighted by Gasteiger charge is -2.23. The second-order valence-electron chi connectivity index (χ2n) is 7.60. The van der Waals surface area contributed by atoms with Crippen LogP contribution in [0, 0.1) is 0 Å². The molecule has 0 spiro atoms. The van der Waals surface area contributed by atoms with E-state index in [-0.39, 0.29) is 0 Å². The summed E-state index contributed by atoms with van der Waals surface area (Å²) in [6.45, 7) is 0. The highest BCUT2D eigenvalue weighted by molar-refractivity contribution is 6.09. The number of hydrogen-bond acceptors (Lipinski definition) is 3. The van der Waals surface area contributed by atoms with E-state index in [9.17, 15) is 0 Å². The van der Waals surface area contributed by atoms with Crippen molar-refractivity contribution in [1.82, 2.24) is 14.5 Å². The molecule has 6 rings (SSSR count). The number of hydrogen-bond donors (Lipinski definition) is 0. The standard InChI is InChI=1S/C28H20N4/c1-3-11-25-23(9-1)24-10-2-4-12-26(24)31(25)21-15-17-22(18-16-21)32(27-13-5-7-19-29-27)28-14-6-8-20-30-28/h1-20H. The number of rotatable bonds is 4. The second kappa shape index (κ2) is 7.67. The van der Waals surface area contributed by atoms with Gasteiger partial charge in [0.05, 0.1) is 11.0 Å². The van der Waals surface area contributed by atoms with Crippen molar-refractivity contribution >= 4 is 39.1 Å². The lowest BCUT2D eigenvalue weighted by molar-refractivity contribution is 1.12. The van der Waals surface area contributed by atoms with Gasteiger partial charge in [-0.25, -0.2) is 9.97 Å². The van der Waals surface area contributed by atoms with Gasteiger partial charge in [-0.3, -0.25) is 4.90 Å². The lowest BCUT2D eigenvalue weighted by atomic mass is 10.2. The average Bonchev–Trinajstić information content (AvgIpc) is 3.21. The minimum absolute atomic E-state index is 0.829. The molecule has 0 aliphatic rings. The number of aromatic nitrogens is 3. The monoisotopic (exact) mass is 412 g/mol. The molecule has 0 aliphatic carbocycles. The summed E-state index contributed by atoms with van der Waals surface area (Å²) in [5, 5.41) is 2.52. The maximum atomic E-state index is 4.57. The van der Waals surface area contributed by atoms with Crippen LogP contribution in [0.5, 0.6) is 0 Å². The van der Waals surface area contributed by atoms with Crippen LogP contribution in [0.4, 0.5) is 17.3 Å². The zero-order valence-electron chi connectivity index (χ0n) is 17.3. The zero-order chi connectivity index (χ0) is 21.3. The van der Waals surface area contributed by atoms with E-state index in [0.29, 0.717) is 0 Å². The van der Waals surface area contributed by atoms with Crippen LogP contribution in [0.15, 0.2) is 122 Å². The van der Waals surface area contributed by atoms with E-state index in [2.05, 4.69) is 92.2 Å². The van der Waals surface area contributed by atoms with E-state index in [4.69, 9.17) is 0 Å². The molecule has 0 saturated carbocycles. The highest BCUT2D eigenvalue weighted by atomic mass is 15.2. The summed E-state index contributed by atoms with van der Waals surface area (Å²) in [6.07, 6.45) is 3.61.